The summed E-state index contributed by atoms with van der Waals surface area (Å²) in [5.74, 6) is 1.79. The van der Waals surface area contributed by atoms with Crippen LogP contribution in [0.3, 0.4) is 0 Å². The molecule has 0 bridgehead atoms. The molecular weight excluding hydrogens is 461 g/mol. The Balaban J connectivity index is 0.00000261. The van der Waals surface area contributed by atoms with Crippen LogP contribution in [0.2, 0.25) is 0 Å². The molecule has 3 rings (SSSR count). The average Bonchev–Trinajstić information content (AvgIpc) is 3.18. The Morgan fingerprint density at radius 1 is 1.30 bits per heavy atom. The van der Waals surface area contributed by atoms with Gasteiger partial charge in [0, 0.05) is 57.9 Å². The molecule has 1 aromatic carbocycles. The Morgan fingerprint density at radius 2 is 2.07 bits per heavy atom. The van der Waals surface area contributed by atoms with Crippen LogP contribution in [-0.4, -0.2) is 66.4 Å². The van der Waals surface area contributed by atoms with Gasteiger partial charge < -0.3 is 24.6 Å². The number of aliphatic imine (C=N–C) groups is 1. The summed E-state index contributed by atoms with van der Waals surface area (Å²) >= 11 is 0. The lowest BCUT2D eigenvalue weighted by Crippen LogP contribution is -2.52. The molecule has 0 aliphatic carbocycles. The van der Waals surface area contributed by atoms with Crippen molar-refractivity contribution in [1.29, 1.82) is 0 Å². The quantitative estimate of drug-likeness (QED) is 0.379. The summed E-state index contributed by atoms with van der Waals surface area (Å²) in [5, 5.41) is 17.3. The number of rotatable bonds is 5. The third-order valence-electron chi connectivity index (χ3n) is 4.48. The number of aromatic hydroxyl groups is 1. The maximum absolute atomic E-state index is 10.0. The number of hydrogen-bond acceptors (Lipinski definition) is 6. The molecule has 9 heteroatoms. The van der Waals surface area contributed by atoms with Gasteiger partial charge in [-0.25, -0.2) is 0 Å². The number of nitrogens with zero attached hydrogens (tertiary/aromatic N) is 4. The van der Waals surface area contributed by atoms with Crippen LogP contribution in [0, 0.1) is 0 Å². The van der Waals surface area contributed by atoms with Gasteiger partial charge in [0.2, 0.25) is 0 Å². The fourth-order valence-corrected chi connectivity index (χ4v) is 3.00. The standard InChI is InChI=1S/C18H25N5O3.HI/c1-19-18(20-12-14-11-16(25-2)3-4-17(14)24)23-8-6-22(7-9-23)13-15-5-10-26-21-15;/h3-5,10-11,24H,6-9,12-13H2,1-2H3,(H,19,20);1H. The lowest BCUT2D eigenvalue weighted by atomic mass is 10.2. The molecule has 1 fully saturated rings. The van der Waals surface area contributed by atoms with Crippen LogP contribution in [0.4, 0.5) is 0 Å². The first-order valence-corrected chi connectivity index (χ1v) is 8.62. The molecular formula is C18H26IN5O3. The fraction of sp³-hybridized carbons (Fsp3) is 0.444. The Bertz CT molecular complexity index is 731. The van der Waals surface area contributed by atoms with E-state index in [1.807, 2.05) is 12.1 Å². The van der Waals surface area contributed by atoms with Crippen LogP contribution in [0.1, 0.15) is 11.3 Å². The third kappa shape index (κ3) is 5.73. The maximum Gasteiger partial charge on any atom is 0.194 e. The fourth-order valence-electron chi connectivity index (χ4n) is 3.00. The number of phenolic OH excluding ortho intramolecular Hbond substituents is 1. The number of hydrogen-bond donors (Lipinski definition) is 2. The van der Waals surface area contributed by atoms with Crippen molar-refractivity contribution in [2.24, 2.45) is 4.99 Å². The van der Waals surface area contributed by atoms with E-state index in [9.17, 15) is 5.11 Å². The van der Waals surface area contributed by atoms with Crippen molar-refractivity contribution in [3.63, 3.8) is 0 Å². The zero-order valence-electron chi connectivity index (χ0n) is 15.6. The van der Waals surface area contributed by atoms with E-state index in [1.165, 1.54) is 0 Å². The molecule has 2 N–H and O–H groups in total. The Kier molecular flexibility index (Phi) is 8.17. The van der Waals surface area contributed by atoms with E-state index >= 15 is 0 Å². The second kappa shape index (κ2) is 10.4. The summed E-state index contributed by atoms with van der Waals surface area (Å²) in [7, 11) is 3.39. The highest BCUT2D eigenvalue weighted by Gasteiger charge is 2.20. The van der Waals surface area contributed by atoms with Crippen LogP contribution in [0.15, 0.2) is 40.0 Å². The minimum atomic E-state index is 0. The molecule has 0 saturated carbocycles. The van der Waals surface area contributed by atoms with Gasteiger partial charge in [-0.05, 0) is 18.2 Å². The van der Waals surface area contributed by atoms with E-state index in [1.54, 1.807) is 32.6 Å². The molecule has 1 saturated heterocycles. The number of guanidine groups is 1. The van der Waals surface area contributed by atoms with Crippen molar-refractivity contribution >= 4 is 29.9 Å². The summed E-state index contributed by atoms with van der Waals surface area (Å²) < 4.78 is 10.1. The predicted molar refractivity (Wildman–Crippen MR) is 114 cm³/mol. The van der Waals surface area contributed by atoms with Gasteiger partial charge in [0.25, 0.3) is 0 Å². The molecule has 1 aliphatic rings. The van der Waals surface area contributed by atoms with Crippen molar-refractivity contribution in [3.05, 3.63) is 41.8 Å². The molecule has 0 unspecified atom stereocenters. The monoisotopic (exact) mass is 487 g/mol. The van der Waals surface area contributed by atoms with Crippen molar-refractivity contribution < 1.29 is 14.4 Å². The Labute approximate surface area is 176 Å². The number of methoxy groups -OCH3 is 1. The number of ether oxygens (including phenoxy) is 1. The Morgan fingerprint density at radius 3 is 2.70 bits per heavy atom. The van der Waals surface area contributed by atoms with Gasteiger partial charge >= 0.3 is 0 Å². The van der Waals surface area contributed by atoms with Crippen LogP contribution >= 0.6 is 24.0 Å². The second-order valence-corrected chi connectivity index (χ2v) is 6.15. The first-order valence-electron chi connectivity index (χ1n) is 8.62. The smallest absolute Gasteiger partial charge is 0.194 e. The van der Waals surface area contributed by atoms with Gasteiger partial charge in [-0.3, -0.25) is 9.89 Å². The summed E-state index contributed by atoms with van der Waals surface area (Å²) in [5.41, 5.74) is 1.73. The molecule has 1 aliphatic heterocycles. The zero-order valence-corrected chi connectivity index (χ0v) is 17.9. The largest absolute Gasteiger partial charge is 0.508 e. The van der Waals surface area contributed by atoms with E-state index in [4.69, 9.17) is 9.26 Å². The normalized spacial score (nSPS) is 15.3. The van der Waals surface area contributed by atoms with Crippen LogP contribution in [0.25, 0.3) is 0 Å². The molecule has 148 valence electrons. The first kappa shape index (κ1) is 21.3. The van der Waals surface area contributed by atoms with E-state index in [0.717, 1.165) is 55.7 Å². The summed E-state index contributed by atoms with van der Waals surface area (Å²) in [6.07, 6.45) is 1.60. The number of aromatic nitrogens is 1. The highest BCUT2D eigenvalue weighted by Crippen LogP contribution is 2.22. The molecule has 27 heavy (non-hydrogen) atoms. The Hall–Kier alpha value is -2.01. The van der Waals surface area contributed by atoms with Gasteiger partial charge in [-0.1, -0.05) is 5.16 Å². The number of piperazine rings is 1. The van der Waals surface area contributed by atoms with Gasteiger partial charge in [0.05, 0.1) is 12.8 Å². The lowest BCUT2D eigenvalue weighted by molar-refractivity contribution is 0.169. The molecule has 0 amide bonds. The van der Waals surface area contributed by atoms with Crippen molar-refractivity contribution in [3.8, 4) is 11.5 Å². The molecule has 0 spiro atoms. The average molecular weight is 487 g/mol. The molecule has 2 aromatic rings. The van der Waals surface area contributed by atoms with E-state index < -0.39 is 0 Å². The number of halogens is 1. The third-order valence-corrected chi connectivity index (χ3v) is 4.48. The highest BCUT2D eigenvalue weighted by atomic mass is 127. The van der Waals surface area contributed by atoms with Crippen LogP contribution < -0.4 is 10.1 Å². The van der Waals surface area contributed by atoms with Gasteiger partial charge in [-0.2, -0.15) is 0 Å². The highest BCUT2D eigenvalue weighted by molar-refractivity contribution is 14.0. The number of nitrogens with one attached hydrogen (secondary N) is 1. The number of phenols is 1. The lowest BCUT2D eigenvalue weighted by Gasteiger charge is -2.36. The molecule has 0 radical (unpaired) electrons. The topological polar surface area (TPSA) is 86.4 Å². The molecule has 1 aromatic heterocycles. The van der Waals surface area contributed by atoms with Crippen LogP contribution in [-0.2, 0) is 13.1 Å². The van der Waals surface area contributed by atoms with E-state index in [2.05, 4.69) is 25.3 Å². The minimum absolute atomic E-state index is 0. The van der Waals surface area contributed by atoms with Gasteiger partial charge in [0.1, 0.15) is 17.8 Å². The SMILES string of the molecule is CN=C(NCc1cc(OC)ccc1O)N1CCN(Cc2ccon2)CC1.I. The van der Waals surface area contributed by atoms with Crippen LogP contribution in [0.5, 0.6) is 11.5 Å². The number of benzene rings is 1. The molecule has 8 nitrogen and oxygen atoms in total. The summed E-state index contributed by atoms with van der Waals surface area (Å²) in [6.45, 7) is 4.89. The summed E-state index contributed by atoms with van der Waals surface area (Å²) in [6, 6.07) is 7.10. The summed E-state index contributed by atoms with van der Waals surface area (Å²) in [4.78, 5) is 8.93. The van der Waals surface area contributed by atoms with Crippen molar-refractivity contribution in [2.75, 3.05) is 40.3 Å². The predicted octanol–water partition coefficient (Wildman–Crippen LogP) is 1.90. The zero-order chi connectivity index (χ0) is 18.4. The maximum atomic E-state index is 10.0. The second-order valence-electron chi connectivity index (χ2n) is 6.15. The molecule has 0 atom stereocenters. The van der Waals surface area contributed by atoms with E-state index in [0.29, 0.717) is 6.54 Å². The first-order chi connectivity index (χ1) is 12.7. The van der Waals surface area contributed by atoms with Gasteiger partial charge in [-0.15, -0.1) is 24.0 Å². The molecule has 2 heterocycles. The minimum Gasteiger partial charge on any atom is -0.508 e. The van der Waals surface area contributed by atoms with E-state index in [-0.39, 0.29) is 29.7 Å². The van der Waals surface area contributed by atoms with Crippen molar-refractivity contribution in [1.82, 2.24) is 20.3 Å². The van der Waals surface area contributed by atoms with Crippen molar-refractivity contribution in [2.45, 2.75) is 13.1 Å². The van der Waals surface area contributed by atoms with Gasteiger partial charge in [0.15, 0.2) is 5.96 Å².